The Morgan fingerprint density at radius 1 is 1.31 bits per heavy atom. The molecule has 0 spiro atoms. The Morgan fingerprint density at radius 2 is 2.10 bits per heavy atom. The van der Waals surface area contributed by atoms with Gasteiger partial charge in [0.15, 0.2) is 5.82 Å². The lowest BCUT2D eigenvalue weighted by atomic mass is 9.99. The van der Waals surface area contributed by atoms with Gasteiger partial charge in [-0.1, -0.05) is 5.16 Å². The van der Waals surface area contributed by atoms with Crippen LogP contribution in [0.1, 0.15) is 42.6 Å². The first-order chi connectivity index (χ1) is 13.9. The summed E-state index contributed by atoms with van der Waals surface area (Å²) in [6.07, 6.45) is 3.21. The molecule has 150 valence electrons. The summed E-state index contributed by atoms with van der Waals surface area (Å²) in [7, 11) is 0. The largest absolute Gasteiger partial charge is 0.475 e. The van der Waals surface area contributed by atoms with Crippen molar-refractivity contribution in [1.82, 2.24) is 20.1 Å². The number of hydrogen-bond acceptors (Lipinski definition) is 9. The topological polar surface area (TPSA) is 127 Å². The molecule has 4 heterocycles. The molecular weight excluding hydrogens is 370 g/mol. The first kappa shape index (κ1) is 18.9. The van der Waals surface area contributed by atoms with E-state index in [1.165, 1.54) is 6.20 Å². The highest BCUT2D eigenvalue weighted by Crippen LogP contribution is 2.30. The van der Waals surface area contributed by atoms with Gasteiger partial charge in [0, 0.05) is 36.5 Å². The number of anilines is 2. The Hall–Kier alpha value is -3.49. The number of pyridine rings is 2. The first-order valence-corrected chi connectivity index (χ1v) is 9.43. The average Bonchev–Trinajstić information content (AvgIpc) is 3.07. The van der Waals surface area contributed by atoms with E-state index in [0.717, 1.165) is 24.5 Å². The quantitative estimate of drug-likeness (QED) is 0.612. The molecule has 0 aromatic carbocycles. The van der Waals surface area contributed by atoms with E-state index in [0.29, 0.717) is 34.6 Å². The number of hydrogen-bond donors (Lipinski definition) is 2. The van der Waals surface area contributed by atoms with Crippen LogP contribution < -0.4 is 15.4 Å². The lowest BCUT2D eigenvalue weighted by molar-refractivity contribution is 0.232. The number of nitrogens with zero attached hydrogens (tertiary/aromatic N) is 5. The zero-order valence-corrected chi connectivity index (χ0v) is 16.6. The van der Waals surface area contributed by atoms with Gasteiger partial charge in [-0.15, -0.1) is 0 Å². The second-order valence-corrected chi connectivity index (χ2v) is 7.34. The van der Waals surface area contributed by atoms with Gasteiger partial charge in [-0.05, 0) is 32.9 Å². The van der Waals surface area contributed by atoms with Crippen molar-refractivity contribution in [3.8, 4) is 5.88 Å². The lowest BCUT2D eigenvalue weighted by Gasteiger charge is -2.38. The Kier molecular flexibility index (Phi) is 4.87. The molecule has 0 saturated carbocycles. The molecule has 4 rings (SSSR count). The van der Waals surface area contributed by atoms with E-state index in [-0.39, 0.29) is 12.0 Å². The molecule has 3 N–H and O–H groups in total. The number of ether oxygens (including phenoxy) is 1. The molecule has 0 atom stereocenters. The summed E-state index contributed by atoms with van der Waals surface area (Å²) in [6.45, 7) is 7.15. The van der Waals surface area contributed by atoms with Crippen molar-refractivity contribution in [3.63, 3.8) is 0 Å². The normalized spacial score (nSPS) is 14.1. The number of rotatable bonds is 6. The molecule has 3 aromatic rings. The smallest absolute Gasteiger partial charge is 0.233 e. The minimum atomic E-state index is -0.0114. The van der Waals surface area contributed by atoms with Gasteiger partial charge < -0.3 is 19.9 Å². The van der Waals surface area contributed by atoms with Crippen molar-refractivity contribution < 1.29 is 9.26 Å². The van der Waals surface area contributed by atoms with Crippen LogP contribution in [0.25, 0.3) is 0 Å². The van der Waals surface area contributed by atoms with E-state index in [2.05, 4.69) is 25.0 Å². The Bertz CT molecular complexity index is 1040. The summed E-state index contributed by atoms with van der Waals surface area (Å²) < 4.78 is 10.9. The molecule has 1 aliphatic heterocycles. The fraction of sp³-hybridized carbons (Fsp3) is 0.350. The standard InChI is InChI=1S/C20H23N7O2/c1-11(2)28-18-7-15(16(21)8-24-18)19(22)13-4-5-23-17(6-13)27-9-14(10-27)20-25-12(3)26-29-20/h4-8,11,14,22H,9-10,21H2,1-3H3. The van der Waals surface area contributed by atoms with E-state index in [1.807, 2.05) is 26.8 Å². The molecule has 1 aliphatic rings. The van der Waals surface area contributed by atoms with Crippen LogP contribution in [0.4, 0.5) is 11.5 Å². The molecule has 0 amide bonds. The molecule has 29 heavy (non-hydrogen) atoms. The predicted octanol–water partition coefficient (Wildman–Crippen LogP) is 2.56. The van der Waals surface area contributed by atoms with Crippen LogP contribution in [0.3, 0.4) is 0 Å². The molecule has 9 heteroatoms. The summed E-state index contributed by atoms with van der Waals surface area (Å²) in [5.74, 6) is 2.75. The average molecular weight is 393 g/mol. The van der Waals surface area contributed by atoms with Crippen LogP contribution in [0.15, 0.2) is 35.1 Å². The Labute approximate surface area is 168 Å². The van der Waals surface area contributed by atoms with Gasteiger partial charge in [0.1, 0.15) is 5.82 Å². The SMILES string of the molecule is Cc1noc(C2CN(c3cc(C(=N)c4cc(OC(C)C)ncc4N)ccn3)C2)n1. The first-order valence-electron chi connectivity index (χ1n) is 9.43. The summed E-state index contributed by atoms with van der Waals surface area (Å²) in [4.78, 5) is 15.0. The maximum Gasteiger partial charge on any atom is 0.233 e. The maximum atomic E-state index is 8.64. The summed E-state index contributed by atoms with van der Waals surface area (Å²) in [5, 5.41) is 12.5. The summed E-state index contributed by atoms with van der Waals surface area (Å²) in [6, 6.07) is 5.39. The second kappa shape index (κ2) is 7.50. The molecule has 0 unspecified atom stereocenters. The van der Waals surface area contributed by atoms with Crippen molar-refractivity contribution in [2.24, 2.45) is 0 Å². The monoisotopic (exact) mass is 393 g/mol. The predicted molar refractivity (Wildman–Crippen MR) is 109 cm³/mol. The Balaban J connectivity index is 1.51. The molecule has 0 radical (unpaired) electrons. The highest BCUT2D eigenvalue weighted by molar-refractivity contribution is 6.14. The molecule has 0 aliphatic carbocycles. The van der Waals surface area contributed by atoms with Gasteiger partial charge in [-0.3, -0.25) is 5.41 Å². The van der Waals surface area contributed by atoms with Crippen LogP contribution in [0.2, 0.25) is 0 Å². The summed E-state index contributed by atoms with van der Waals surface area (Å²) in [5.41, 5.74) is 8.10. The maximum absolute atomic E-state index is 8.64. The third-order valence-electron chi connectivity index (χ3n) is 4.67. The van der Waals surface area contributed by atoms with E-state index in [1.54, 1.807) is 18.3 Å². The number of nitrogens with one attached hydrogen (secondary N) is 1. The van der Waals surface area contributed by atoms with E-state index in [9.17, 15) is 0 Å². The van der Waals surface area contributed by atoms with Gasteiger partial charge in [-0.25, -0.2) is 9.97 Å². The van der Waals surface area contributed by atoms with Gasteiger partial charge in [0.25, 0.3) is 0 Å². The summed E-state index contributed by atoms with van der Waals surface area (Å²) >= 11 is 0. The number of aromatic nitrogens is 4. The zero-order chi connectivity index (χ0) is 20.5. The minimum Gasteiger partial charge on any atom is -0.475 e. The number of nitrogens with two attached hydrogens (primary N) is 1. The van der Waals surface area contributed by atoms with Crippen molar-refractivity contribution in [1.29, 1.82) is 5.41 Å². The van der Waals surface area contributed by atoms with Gasteiger partial charge >= 0.3 is 0 Å². The van der Waals surface area contributed by atoms with E-state index < -0.39 is 0 Å². The zero-order valence-electron chi connectivity index (χ0n) is 16.6. The fourth-order valence-corrected chi connectivity index (χ4v) is 3.17. The lowest BCUT2D eigenvalue weighted by Crippen LogP contribution is -2.45. The second-order valence-electron chi connectivity index (χ2n) is 7.34. The van der Waals surface area contributed by atoms with Crippen LogP contribution in [-0.4, -0.2) is 45.0 Å². The van der Waals surface area contributed by atoms with Gasteiger partial charge in [0.05, 0.1) is 29.6 Å². The van der Waals surface area contributed by atoms with Crippen molar-refractivity contribution in [3.05, 3.63) is 53.4 Å². The molecule has 1 saturated heterocycles. The Morgan fingerprint density at radius 3 is 2.79 bits per heavy atom. The molecule has 3 aromatic heterocycles. The number of aryl methyl sites for hydroxylation is 1. The van der Waals surface area contributed by atoms with Gasteiger partial charge in [-0.2, -0.15) is 4.98 Å². The van der Waals surface area contributed by atoms with E-state index >= 15 is 0 Å². The van der Waals surface area contributed by atoms with E-state index in [4.69, 9.17) is 20.4 Å². The van der Waals surface area contributed by atoms with Crippen LogP contribution in [0.5, 0.6) is 5.88 Å². The van der Waals surface area contributed by atoms with Crippen LogP contribution in [-0.2, 0) is 0 Å². The van der Waals surface area contributed by atoms with Crippen molar-refractivity contribution in [2.45, 2.75) is 32.8 Å². The molecular formula is C20H23N7O2. The molecule has 1 fully saturated rings. The highest BCUT2D eigenvalue weighted by Gasteiger charge is 2.33. The third-order valence-corrected chi connectivity index (χ3v) is 4.67. The number of nitrogen functional groups attached to an aromatic ring is 1. The van der Waals surface area contributed by atoms with Crippen molar-refractivity contribution >= 4 is 17.2 Å². The molecule has 0 bridgehead atoms. The highest BCUT2D eigenvalue weighted by atomic mass is 16.5. The van der Waals surface area contributed by atoms with Crippen molar-refractivity contribution in [2.75, 3.05) is 23.7 Å². The fourth-order valence-electron chi connectivity index (χ4n) is 3.17. The van der Waals surface area contributed by atoms with Gasteiger partial charge in [0.2, 0.25) is 11.8 Å². The third kappa shape index (κ3) is 3.89. The van der Waals surface area contributed by atoms with Crippen LogP contribution >= 0.6 is 0 Å². The minimum absolute atomic E-state index is 0.0114. The van der Waals surface area contributed by atoms with Crippen LogP contribution in [0, 0.1) is 12.3 Å². The molecule has 9 nitrogen and oxygen atoms in total.